The van der Waals surface area contributed by atoms with Crippen LogP contribution in [-0.2, 0) is 10.2 Å². The molecule has 23 heavy (non-hydrogen) atoms. The summed E-state index contributed by atoms with van der Waals surface area (Å²) in [6.45, 7) is 6.47. The molecule has 1 saturated carbocycles. The summed E-state index contributed by atoms with van der Waals surface area (Å²) in [7, 11) is 0. The predicted molar refractivity (Wildman–Crippen MR) is 88.4 cm³/mol. The summed E-state index contributed by atoms with van der Waals surface area (Å²) in [4.78, 5) is 17.0. The molecule has 5 aliphatic rings. The minimum Gasteiger partial charge on any atom is -0.297 e. The molecule has 4 bridgehead atoms. The summed E-state index contributed by atoms with van der Waals surface area (Å²) < 4.78 is 0. The summed E-state index contributed by atoms with van der Waals surface area (Å²) in [5, 5.41) is 0. The fourth-order valence-corrected chi connectivity index (χ4v) is 6.70. The Balaban J connectivity index is 1.63. The van der Waals surface area contributed by atoms with Crippen LogP contribution in [0.2, 0.25) is 0 Å². The molecule has 2 atom stereocenters. The highest BCUT2D eigenvalue weighted by atomic mass is 16.1. The van der Waals surface area contributed by atoms with Crippen LogP contribution in [-0.4, -0.2) is 37.6 Å². The van der Waals surface area contributed by atoms with E-state index in [1.165, 1.54) is 37.7 Å². The number of quaternary nitrogens is 2. The normalized spacial score (nSPS) is 44.0. The van der Waals surface area contributed by atoms with Gasteiger partial charge in [-0.25, -0.2) is 0 Å². The third kappa shape index (κ3) is 1.65. The zero-order valence-electron chi connectivity index (χ0n) is 14.2. The van der Waals surface area contributed by atoms with E-state index in [0.717, 1.165) is 26.2 Å². The molecule has 1 spiro atoms. The van der Waals surface area contributed by atoms with Gasteiger partial charge in [0.25, 0.3) is 0 Å². The first-order chi connectivity index (χ1) is 11.1. The van der Waals surface area contributed by atoms with Gasteiger partial charge in [-0.15, -0.1) is 0 Å². The van der Waals surface area contributed by atoms with Crippen molar-refractivity contribution in [2.45, 2.75) is 50.1 Å². The van der Waals surface area contributed by atoms with E-state index in [-0.39, 0.29) is 10.8 Å². The average molecular weight is 312 g/mol. The smallest absolute Gasteiger partial charge is 0.222 e. The molecule has 6 rings (SSSR count). The van der Waals surface area contributed by atoms with Crippen molar-refractivity contribution in [2.75, 3.05) is 26.2 Å². The number of Topliss-reactive ketones (excluding diaryl/α,β-unsaturated/α-hetero) is 1. The first-order valence-corrected chi connectivity index (χ1v) is 9.40. The fraction of sp³-hybridized carbons (Fsp3) is 0.650. The Labute approximate surface area is 138 Å². The molecule has 0 amide bonds. The molecule has 4 heterocycles. The second-order valence-electron chi connectivity index (χ2n) is 8.89. The van der Waals surface area contributed by atoms with Gasteiger partial charge in [-0.2, -0.15) is 0 Å². The summed E-state index contributed by atoms with van der Waals surface area (Å²) in [5.74, 6) is 0.536. The second kappa shape index (κ2) is 4.46. The summed E-state index contributed by atoms with van der Waals surface area (Å²) in [5.41, 5.74) is 1.37. The number of hydrogen-bond donors (Lipinski definition) is 2. The highest BCUT2D eigenvalue weighted by Gasteiger charge is 2.74. The number of carbonyl (C=O) groups excluding carboxylic acids is 1. The van der Waals surface area contributed by atoms with Gasteiger partial charge in [-0.3, -0.25) is 14.6 Å². The van der Waals surface area contributed by atoms with Crippen LogP contribution in [0.1, 0.15) is 44.6 Å². The van der Waals surface area contributed by atoms with Crippen LogP contribution in [0.4, 0.5) is 0 Å². The van der Waals surface area contributed by atoms with Crippen molar-refractivity contribution in [1.29, 1.82) is 0 Å². The van der Waals surface area contributed by atoms with Gasteiger partial charge in [-0.05, 0) is 25.3 Å². The van der Waals surface area contributed by atoms with Gasteiger partial charge in [0, 0.05) is 0 Å². The van der Waals surface area contributed by atoms with Gasteiger partial charge < -0.3 is 0 Å². The molecule has 1 aliphatic carbocycles. The largest absolute Gasteiger partial charge is 0.297 e. The first-order valence-electron chi connectivity index (χ1n) is 9.40. The van der Waals surface area contributed by atoms with Crippen LogP contribution in [0.15, 0.2) is 30.3 Å². The molecule has 4 saturated heterocycles. The average Bonchev–Trinajstić information content (AvgIpc) is 2.57. The molecule has 0 aromatic heterocycles. The van der Waals surface area contributed by atoms with Gasteiger partial charge in [0.1, 0.15) is 18.5 Å². The Hall–Kier alpha value is -1.19. The van der Waals surface area contributed by atoms with Crippen molar-refractivity contribution in [2.24, 2.45) is 5.41 Å². The van der Waals surface area contributed by atoms with E-state index < -0.39 is 0 Å². The molecule has 1 aromatic rings. The van der Waals surface area contributed by atoms with Crippen LogP contribution >= 0.6 is 0 Å². The maximum atomic E-state index is 13.5. The lowest BCUT2D eigenvalue weighted by molar-refractivity contribution is -1.20. The quantitative estimate of drug-likeness (QED) is 0.748. The summed E-state index contributed by atoms with van der Waals surface area (Å²) >= 11 is 0. The van der Waals surface area contributed by atoms with Gasteiger partial charge in [0.15, 0.2) is 11.2 Å². The SMILES string of the molecule is CC12C[NH+]3CC(c4ccccc4)(C[NH+](C1)C31CCCCC1)C2=O. The van der Waals surface area contributed by atoms with Gasteiger partial charge in [0.05, 0.1) is 25.9 Å². The van der Waals surface area contributed by atoms with E-state index >= 15 is 0 Å². The highest BCUT2D eigenvalue weighted by molar-refractivity contribution is 5.96. The van der Waals surface area contributed by atoms with Crippen LogP contribution in [0.25, 0.3) is 0 Å². The fourth-order valence-electron chi connectivity index (χ4n) is 6.70. The van der Waals surface area contributed by atoms with E-state index in [4.69, 9.17) is 0 Å². The number of hydrogen-bond acceptors (Lipinski definition) is 1. The van der Waals surface area contributed by atoms with Gasteiger partial charge >= 0.3 is 0 Å². The zero-order valence-corrected chi connectivity index (χ0v) is 14.2. The number of piperidine rings is 2. The second-order valence-corrected chi connectivity index (χ2v) is 8.89. The lowest BCUT2D eigenvalue weighted by Gasteiger charge is -2.65. The minimum atomic E-state index is -0.222. The Kier molecular flexibility index (Phi) is 2.75. The Morgan fingerprint density at radius 3 is 2.09 bits per heavy atom. The number of carbonyl (C=O) groups is 1. The molecule has 1 aromatic carbocycles. The Morgan fingerprint density at radius 2 is 1.48 bits per heavy atom. The summed E-state index contributed by atoms with van der Waals surface area (Å²) in [6.07, 6.45) is 6.91. The number of benzene rings is 1. The van der Waals surface area contributed by atoms with Crippen LogP contribution in [0.3, 0.4) is 0 Å². The molecule has 2 N–H and O–H groups in total. The number of ketones is 1. The van der Waals surface area contributed by atoms with Gasteiger partial charge in [-0.1, -0.05) is 36.8 Å². The molecule has 4 aliphatic heterocycles. The van der Waals surface area contributed by atoms with E-state index in [9.17, 15) is 4.79 Å². The zero-order chi connectivity index (χ0) is 15.7. The van der Waals surface area contributed by atoms with E-state index in [1.54, 1.807) is 9.80 Å². The maximum absolute atomic E-state index is 13.5. The minimum absolute atomic E-state index is 0.111. The van der Waals surface area contributed by atoms with E-state index in [2.05, 4.69) is 37.3 Å². The first kappa shape index (κ1) is 14.2. The summed E-state index contributed by atoms with van der Waals surface area (Å²) in [6, 6.07) is 10.7. The molecule has 122 valence electrons. The van der Waals surface area contributed by atoms with Crippen molar-refractivity contribution in [3.8, 4) is 0 Å². The third-order valence-corrected chi connectivity index (χ3v) is 7.61. The Bertz CT molecular complexity index is 629. The number of nitrogens with one attached hydrogen (secondary N) is 2. The Morgan fingerprint density at radius 1 is 0.870 bits per heavy atom. The maximum Gasteiger partial charge on any atom is 0.222 e. The van der Waals surface area contributed by atoms with Crippen molar-refractivity contribution in [3.05, 3.63) is 35.9 Å². The van der Waals surface area contributed by atoms with Crippen LogP contribution in [0.5, 0.6) is 0 Å². The lowest BCUT2D eigenvalue weighted by atomic mass is 9.56. The topological polar surface area (TPSA) is 26.0 Å². The molecular formula is C20H28N2O+2. The monoisotopic (exact) mass is 312 g/mol. The van der Waals surface area contributed by atoms with Gasteiger partial charge in [0.2, 0.25) is 5.66 Å². The molecule has 3 nitrogen and oxygen atoms in total. The standard InChI is InChI=1S/C20H26N2O/c1-18-12-21-14-19(17(18)23,16-8-4-2-5-9-16)15-22(13-18)20(21)10-6-3-7-11-20/h2,4-5,8-9H,3,6-7,10-15H2,1H3/p+2. The van der Waals surface area contributed by atoms with Crippen molar-refractivity contribution in [1.82, 2.24) is 0 Å². The molecular weight excluding hydrogens is 284 g/mol. The van der Waals surface area contributed by atoms with E-state index in [0.29, 0.717) is 11.4 Å². The highest BCUT2D eigenvalue weighted by Crippen LogP contribution is 2.40. The van der Waals surface area contributed by atoms with Crippen LogP contribution in [0, 0.1) is 5.41 Å². The predicted octanol–water partition coefficient (Wildman–Crippen LogP) is -0.0292. The molecule has 5 fully saturated rings. The van der Waals surface area contributed by atoms with Crippen molar-refractivity contribution >= 4 is 5.78 Å². The van der Waals surface area contributed by atoms with Crippen molar-refractivity contribution < 1.29 is 14.6 Å². The number of rotatable bonds is 1. The van der Waals surface area contributed by atoms with Crippen molar-refractivity contribution in [3.63, 3.8) is 0 Å². The molecule has 3 heteroatoms. The van der Waals surface area contributed by atoms with E-state index in [1.807, 2.05) is 0 Å². The lowest BCUT2D eigenvalue weighted by Crippen LogP contribution is -3.49. The molecule has 2 unspecified atom stereocenters. The van der Waals surface area contributed by atoms with Crippen LogP contribution < -0.4 is 9.80 Å². The third-order valence-electron chi connectivity index (χ3n) is 7.61. The molecule has 0 radical (unpaired) electrons.